The molecule has 220 valence electrons. The zero-order valence-electron chi connectivity index (χ0n) is 23.7. The lowest BCUT2D eigenvalue weighted by Gasteiger charge is -2.43. The van der Waals surface area contributed by atoms with Crippen LogP contribution in [0.4, 0.5) is 0 Å². The van der Waals surface area contributed by atoms with Crippen molar-refractivity contribution in [2.75, 3.05) is 52.5 Å². The Morgan fingerprint density at radius 2 is 1.31 bits per heavy atom. The summed E-state index contributed by atoms with van der Waals surface area (Å²) in [6.07, 6.45) is 3.81. The largest absolute Gasteiger partial charge is 0.378 e. The topological polar surface area (TPSA) is 66.0 Å². The van der Waals surface area contributed by atoms with Crippen LogP contribution < -0.4 is 0 Å². The first kappa shape index (κ1) is 29.1. The Hall–Kier alpha value is -2.97. The molecule has 0 unspecified atom stereocenters. The summed E-state index contributed by atoms with van der Waals surface area (Å²) in [7, 11) is 0. The summed E-state index contributed by atoms with van der Waals surface area (Å²) < 4.78 is 5.43. The van der Waals surface area contributed by atoms with Crippen LogP contribution in [0, 0.1) is 5.92 Å². The molecule has 0 saturated carbocycles. The maximum absolute atomic E-state index is 13.9. The molecule has 3 fully saturated rings. The van der Waals surface area contributed by atoms with Gasteiger partial charge in [-0.25, -0.2) is 4.98 Å². The van der Waals surface area contributed by atoms with Crippen LogP contribution in [0.1, 0.15) is 36.0 Å². The molecule has 3 aromatic rings. The highest BCUT2D eigenvalue weighted by atomic mass is 35.5. The van der Waals surface area contributed by atoms with Gasteiger partial charge in [0.15, 0.2) is 0 Å². The van der Waals surface area contributed by atoms with Gasteiger partial charge in [0.05, 0.1) is 30.5 Å². The Balaban J connectivity index is 1.15. The molecule has 0 spiro atoms. The highest BCUT2D eigenvalue weighted by Crippen LogP contribution is 2.29. The summed E-state index contributed by atoms with van der Waals surface area (Å²) in [6, 6.07) is 19.2. The summed E-state index contributed by atoms with van der Waals surface area (Å²) in [5, 5.41) is 1.30. The molecule has 0 aliphatic carbocycles. The van der Waals surface area contributed by atoms with Gasteiger partial charge in [-0.2, -0.15) is 0 Å². The molecule has 0 bridgehead atoms. The minimum absolute atomic E-state index is 0.0142. The fourth-order valence-corrected chi connectivity index (χ4v) is 6.64. The fourth-order valence-electron chi connectivity index (χ4n) is 6.39. The summed E-state index contributed by atoms with van der Waals surface area (Å²) in [6.45, 7) is 5.88. The Morgan fingerprint density at radius 3 is 1.88 bits per heavy atom. The zero-order valence-corrected chi connectivity index (χ0v) is 25.2. The van der Waals surface area contributed by atoms with Crippen molar-refractivity contribution in [3.8, 4) is 22.5 Å². The number of hydrogen-bond donors (Lipinski definition) is 0. The zero-order chi connectivity index (χ0) is 29.1. The van der Waals surface area contributed by atoms with Crippen LogP contribution >= 0.6 is 23.2 Å². The monoisotopic (exact) mass is 606 g/mol. The number of pyridine rings is 1. The first-order valence-electron chi connectivity index (χ1n) is 14.9. The number of hydrogen-bond acceptors (Lipinski definition) is 5. The number of benzene rings is 2. The minimum Gasteiger partial charge on any atom is -0.378 e. The van der Waals surface area contributed by atoms with E-state index in [0.29, 0.717) is 61.0 Å². The van der Waals surface area contributed by atoms with Crippen LogP contribution in [-0.4, -0.2) is 90.0 Å². The number of carbonyl (C=O) groups is 2. The van der Waals surface area contributed by atoms with E-state index < -0.39 is 0 Å². The van der Waals surface area contributed by atoms with Crippen LogP contribution in [0.5, 0.6) is 0 Å². The van der Waals surface area contributed by atoms with Gasteiger partial charge in [0.25, 0.3) is 5.91 Å². The fraction of sp³-hybridized carbons (Fsp3) is 0.424. The molecule has 3 saturated heterocycles. The molecule has 42 heavy (non-hydrogen) atoms. The smallest absolute Gasteiger partial charge is 0.254 e. The molecule has 1 atom stereocenters. The molecule has 3 aliphatic rings. The number of ether oxygens (including phenoxy) is 1. The highest BCUT2D eigenvalue weighted by molar-refractivity contribution is 6.30. The Kier molecular flexibility index (Phi) is 9.10. The molecule has 7 nitrogen and oxygen atoms in total. The summed E-state index contributed by atoms with van der Waals surface area (Å²) >= 11 is 12.3. The van der Waals surface area contributed by atoms with Crippen molar-refractivity contribution < 1.29 is 14.3 Å². The number of amides is 2. The van der Waals surface area contributed by atoms with Gasteiger partial charge in [-0.3, -0.25) is 14.5 Å². The lowest BCUT2D eigenvalue weighted by Crippen LogP contribution is -2.53. The maximum Gasteiger partial charge on any atom is 0.254 e. The van der Waals surface area contributed by atoms with Crippen molar-refractivity contribution in [3.05, 3.63) is 76.3 Å². The number of carbonyl (C=O) groups excluding carboxylic acids is 2. The average molecular weight is 608 g/mol. The third-order valence-corrected chi connectivity index (χ3v) is 9.25. The number of aromatic nitrogens is 1. The molecule has 2 amide bonds. The molecular weight excluding hydrogens is 571 g/mol. The number of halogens is 2. The van der Waals surface area contributed by atoms with E-state index in [1.807, 2.05) is 70.5 Å². The van der Waals surface area contributed by atoms with E-state index >= 15 is 0 Å². The second kappa shape index (κ2) is 13.1. The normalized spacial score (nSPS) is 20.5. The van der Waals surface area contributed by atoms with E-state index in [4.69, 9.17) is 32.9 Å². The predicted octanol–water partition coefficient (Wildman–Crippen LogP) is 5.90. The third-order valence-electron chi connectivity index (χ3n) is 8.75. The second-order valence-corrected chi connectivity index (χ2v) is 12.3. The van der Waals surface area contributed by atoms with Crippen LogP contribution in [0.3, 0.4) is 0 Å². The predicted molar refractivity (Wildman–Crippen MR) is 166 cm³/mol. The molecule has 0 N–H and O–H groups in total. The molecule has 6 rings (SSSR count). The van der Waals surface area contributed by atoms with Gasteiger partial charge in [0, 0.05) is 65.5 Å². The van der Waals surface area contributed by atoms with Gasteiger partial charge in [-0.05, 0) is 68.6 Å². The van der Waals surface area contributed by atoms with E-state index in [9.17, 15) is 9.59 Å². The lowest BCUT2D eigenvalue weighted by molar-refractivity contribution is -0.141. The first-order chi connectivity index (χ1) is 20.4. The number of nitrogens with zero attached hydrogens (tertiary/aromatic N) is 4. The summed E-state index contributed by atoms with van der Waals surface area (Å²) in [4.78, 5) is 38.3. The molecule has 1 aromatic heterocycles. The van der Waals surface area contributed by atoms with Gasteiger partial charge in [0.2, 0.25) is 5.91 Å². The van der Waals surface area contributed by atoms with Gasteiger partial charge in [0.1, 0.15) is 0 Å². The van der Waals surface area contributed by atoms with Crippen LogP contribution in [-0.2, 0) is 9.53 Å². The lowest BCUT2D eigenvalue weighted by atomic mass is 9.92. The van der Waals surface area contributed by atoms with Gasteiger partial charge >= 0.3 is 0 Å². The third kappa shape index (κ3) is 6.65. The van der Waals surface area contributed by atoms with Gasteiger partial charge in [-0.15, -0.1) is 0 Å². The number of likely N-dealkylation sites (tertiary alicyclic amines) is 2. The van der Waals surface area contributed by atoms with Crippen LogP contribution in [0.25, 0.3) is 22.5 Å². The molecule has 2 aromatic carbocycles. The molecule has 0 radical (unpaired) electrons. The summed E-state index contributed by atoms with van der Waals surface area (Å²) in [5.41, 5.74) is 3.86. The van der Waals surface area contributed by atoms with Crippen LogP contribution in [0.2, 0.25) is 10.0 Å². The van der Waals surface area contributed by atoms with Crippen molar-refractivity contribution in [2.24, 2.45) is 5.92 Å². The Bertz CT molecular complexity index is 1340. The molecule has 9 heteroatoms. The van der Waals surface area contributed by atoms with E-state index in [2.05, 4.69) is 4.90 Å². The quantitative estimate of drug-likeness (QED) is 0.362. The Morgan fingerprint density at radius 1 is 0.738 bits per heavy atom. The standard InChI is InChI=1S/C33H36Cl2N4O3/c34-27-7-3-23(4-8-27)30-20-26(21-31(36-30)24-5-9-28(35)10-6-24)33(41)37-14-11-29(12-15-37)39-13-1-2-25(22-39)32(40)38-16-18-42-19-17-38/h3-10,20-21,25,29H,1-2,11-19,22H2/t25-/m1/s1. The Labute approximate surface area is 257 Å². The van der Waals surface area contributed by atoms with Gasteiger partial charge in [-0.1, -0.05) is 47.5 Å². The number of rotatable bonds is 5. The van der Waals surface area contributed by atoms with Crippen molar-refractivity contribution in [1.82, 2.24) is 19.7 Å². The van der Waals surface area contributed by atoms with Crippen molar-refractivity contribution in [3.63, 3.8) is 0 Å². The van der Waals surface area contributed by atoms with E-state index in [-0.39, 0.29) is 17.7 Å². The average Bonchev–Trinajstić information content (AvgIpc) is 3.05. The van der Waals surface area contributed by atoms with Gasteiger partial charge < -0.3 is 14.5 Å². The van der Waals surface area contributed by atoms with E-state index in [1.54, 1.807) is 0 Å². The molecule has 4 heterocycles. The van der Waals surface area contributed by atoms with Crippen LogP contribution in [0.15, 0.2) is 60.7 Å². The maximum atomic E-state index is 13.9. The second-order valence-electron chi connectivity index (χ2n) is 11.4. The van der Waals surface area contributed by atoms with Crippen molar-refractivity contribution in [1.29, 1.82) is 0 Å². The van der Waals surface area contributed by atoms with Crippen molar-refractivity contribution in [2.45, 2.75) is 31.7 Å². The summed E-state index contributed by atoms with van der Waals surface area (Å²) in [5.74, 6) is 0.354. The number of piperidine rings is 2. The molecular formula is C33H36Cl2N4O3. The molecule has 3 aliphatic heterocycles. The SMILES string of the molecule is O=C(c1cc(-c2ccc(Cl)cc2)nc(-c2ccc(Cl)cc2)c1)N1CCC(N2CCC[C@@H](C(=O)N3CCOCC3)C2)CC1. The van der Waals surface area contributed by atoms with E-state index in [0.717, 1.165) is 61.3 Å². The highest BCUT2D eigenvalue weighted by Gasteiger charge is 2.34. The van der Waals surface area contributed by atoms with E-state index in [1.165, 1.54) is 0 Å². The first-order valence-corrected chi connectivity index (χ1v) is 15.6. The number of morpholine rings is 1. The van der Waals surface area contributed by atoms with Crippen molar-refractivity contribution >= 4 is 35.0 Å². The minimum atomic E-state index is 0.0142.